The van der Waals surface area contributed by atoms with Crippen LogP contribution >= 0.6 is 0 Å². The molecule has 22 heavy (non-hydrogen) atoms. The molecule has 7 nitrogen and oxygen atoms in total. The van der Waals surface area contributed by atoms with Crippen molar-refractivity contribution in [1.82, 2.24) is 20.0 Å². The van der Waals surface area contributed by atoms with Gasteiger partial charge < -0.3 is 10.2 Å². The Morgan fingerprint density at radius 2 is 2.23 bits per heavy atom. The van der Waals surface area contributed by atoms with E-state index in [0.717, 1.165) is 17.0 Å². The van der Waals surface area contributed by atoms with E-state index in [4.69, 9.17) is 5.26 Å². The maximum Gasteiger partial charge on any atom is 0.239 e. The van der Waals surface area contributed by atoms with Gasteiger partial charge in [0, 0.05) is 25.2 Å². The molecular weight excluding hydrogens is 282 g/mol. The lowest BCUT2D eigenvalue weighted by Gasteiger charge is -2.26. The summed E-state index contributed by atoms with van der Waals surface area (Å²) in [5.74, 6) is -0.102. The number of aryl methyl sites for hydroxylation is 2. The molecule has 1 aliphatic rings. The van der Waals surface area contributed by atoms with Crippen LogP contribution in [0, 0.1) is 25.2 Å². The molecule has 2 amide bonds. The Balaban J connectivity index is 1.96. The van der Waals surface area contributed by atoms with Crippen LogP contribution < -0.4 is 5.32 Å². The van der Waals surface area contributed by atoms with E-state index in [1.807, 2.05) is 18.5 Å². The molecule has 0 saturated carbocycles. The van der Waals surface area contributed by atoms with Crippen molar-refractivity contribution < 1.29 is 9.59 Å². The smallest absolute Gasteiger partial charge is 0.239 e. The molecule has 118 valence electrons. The summed E-state index contributed by atoms with van der Waals surface area (Å²) in [5.41, 5.74) is 2.98. The molecule has 2 rings (SSSR count). The van der Waals surface area contributed by atoms with E-state index in [9.17, 15) is 9.59 Å². The third-order valence-electron chi connectivity index (χ3n) is 3.95. The molecule has 1 N–H and O–H groups in total. The van der Waals surface area contributed by atoms with Crippen molar-refractivity contribution in [3.63, 3.8) is 0 Å². The molecule has 1 aromatic rings. The molecule has 2 heterocycles. The Morgan fingerprint density at radius 1 is 1.45 bits per heavy atom. The lowest BCUT2D eigenvalue weighted by molar-refractivity contribution is -0.138. The predicted molar refractivity (Wildman–Crippen MR) is 79.8 cm³/mol. The van der Waals surface area contributed by atoms with E-state index in [1.165, 1.54) is 0 Å². The van der Waals surface area contributed by atoms with Crippen LogP contribution in [0.3, 0.4) is 0 Å². The Hall–Kier alpha value is -2.36. The van der Waals surface area contributed by atoms with Crippen LogP contribution in [0.5, 0.6) is 0 Å². The highest BCUT2D eigenvalue weighted by atomic mass is 16.2. The summed E-state index contributed by atoms with van der Waals surface area (Å²) >= 11 is 0. The lowest BCUT2D eigenvalue weighted by Crippen LogP contribution is -2.50. The fourth-order valence-corrected chi connectivity index (χ4v) is 2.71. The Morgan fingerprint density at radius 3 is 2.91 bits per heavy atom. The summed E-state index contributed by atoms with van der Waals surface area (Å²) in [4.78, 5) is 25.1. The van der Waals surface area contributed by atoms with Gasteiger partial charge in [0.15, 0.2) is 0 Å². The fourth-order valence-electron chi connectivity index (χ4n) is 2.71. The first kappa shape index (κ1) is 16.0. The monoisotopic (exact) mass is 303 g/mol. The van der Waals surface area contributed by atoms with Crippen LogP contribution in [-0.2, 0) is 22.6 Å². The number of nitrogens with zero attached hydrogens (tertiary/aromatic N) is 4. The van der Waals surface area contributed by atoms with Gasteiger partial charge >= 0.3 is 0 Å². The highest BCUT2D eigenvalue weighted by Gasteiger charge is 2.21. The largest absolute Gasteiger partial charge is 0.353 e. The van der Waals surface area contributed by atoms with Gasteiger partial charge in [-0.05, 0) is 25.8 Å². The summed E-state index contributed by atoms with van der Waals surface area (Å²) in [7, 11) is 0. The van der Waals surface area contributed by atoms with Gasteiger partial charge in [0.1, 0.15) is 0 Å². The molecule has 0 radical (unpaired) electrons. The van der Waals surface area contributed by atoms with E-state index in [2.05, 4.69) is 16.5 Å². The highest BCUT2D eigenvalue weighted by Crippen LogP contribution is 2.16. The first-order valence-corrected chi connectivity index (χ1v) is 7.47. The second-order valence-corrected chi connectivity index (χ2v) is 5.45. The molecule has 0 spiro atoms. The van der Waals surface area contributed by atoms with E-state index in [-0.39, 0.29) is 18.4 Å². The molecule has 7 heteroatoms. The van der Waals surface area contributed by atoms with Crippen LogP contribution in [0.15, 0.2) is 0 Å². The summed E-state index contributed by atoms with van der Waals surface area (Å²) in [6.45, 7) is 5.70. The Kier molecular flexibility index (Phi) is 5.15. The number of aromatic nitrogens is 2. The van der Waals surface area contributed by atoms with Gasteiger partial charge in [-0.2, -0.15) is 10.4 Å². The van der Waals surface area contributed by atoms with Crippen molar-refractivity contribution in [2.75, 3.05) is 19.6 Å². The minimum atomic E-state index is -0.101. The van der Waals surface area contributed by atoms with Gasteiger partial charge in [0.05, 0.1) is 31.3 Å². The zero-order valence-electron chi connectivity index (χ0n) is 13.1. The molecule has 1 fully saturated rings. The number of hydrogen-bond donors (Lipinski definition) is 1. The van der Waals surface area contributed by atoms with Crippen LogP contribution in [0.1, 0.15) is 29.8 Å². The van der Waals surface area contributed by atoms with Crippen molar-refractivity contribution >= 4 is 11.8 Å². The molecular formula is C15H21N5O2. The van der Waals surface area contributed by atoms with Gasteiger partial charge in [-0.15, -0.1) is 0 Å². The first-order chi connectivity index (χ1) is 10.5. The van der Waals surface area contributed by atoms with Crippen molar-refractivity contribution in [3.05, 3.63) is 17.0 Å². The maximum atomic E-state index is 12.2. The standard InChI is InChI=1S/C15H21N5O2/c1-11-13(12(2)20(18-11)8-3-6-16)4-5-15(22)19-9-7-17-14(21)10-19/h3-5,7-10H2,1-2H3,(H,17,21). The van der Waals surface area contributed by atoms with Crippen LogP contribution in [0.2, 0.25) is 0 Å². The summed E-state index contributed by atoms with van der Waals surface area (Å²) in [5, 5.41) is 15.8. The molecule has 1 saturated heterocycles. The van der Waals surface area contributed by atoms with Crippen molar-refractivity contribution in [3.8, 4) is 6.07 Å². The number of hydrogen-bond acceptors (Lipinski definition) is 4. The summed E-state index contributed by atoms with van der Waals surface area (Å²) < 4.78 is 1.83. The molecule has 1 aromatic heterocycles. The molecule has 1 aliphatic heterocycles. The third kappa shape index (κ3) is 3.64. The molecule has 0 unspecified atom stereocenters. The minimum Gasteiger partial charge on any atom is -0.353 e. The average Bonchev–Trinajstić information content (AvgIpc) is 2.77. The third-order valence-corrected chi connectivity index (χ3v) is 3.95. The zero-order chi connectivity index (χ0) is 16.1. The SMILES string of the molecule is Cc1nn(CCC#N)c(C)c1CCC(=O)N1CCNC(=O)C1. The van der Waals surface area contributed by atoms with Gasteiger partial charge in [-0.25, -0.2) is 0 Å². The number of rotatable bonds is 5. The number of amides is 2. The number of carbonyl (C=O) groups is 2. The first-order valence-electron chi connectivity index (χ1n) is 7.47. The second kappa shape index (κ2) is 7.07. The lowest BCUT2D eigenvalue weighted by atomic mass is 10.1. The van der Waals surface area contributed by atoms with Gasteiger partial charge in [0.25, 0.3) is 0 Å². The van der Waals surface area contributed by atoms with Crippen LogP contribution in [0.4, 0.5) is 0 Å². The van der Waals surface area contributed by atoms with E-state index in [1.54, 1.807) is 4.90 Å². The number of nitriles is 1. The Bertz CT molecular complexity index is 614. The zero-order valence-corrected chi connectivity index (χ0v) is 13.1. The second-order valence-electron chi connectivity index (χ2n) is 5.45. The molecule has 0 atom stereocenters. The van der Waals surface area contributed by atoms with Crippen LogP contribution in [0.25, 0.3) is 0 Å². The average molecular weight is 303 g/mol. The van der Waals surface area contributed by atoms with Crippen molar-refractivity contribution in [2.24, 2.45) is 0 Å². The normalized spacial score (nSPS) is 14.6. The van der Waals surface area contributed by atoms with Gasteiger partial charge in [0.2, 0.25) is 11.8 Å². The topological polar surface area (TPSA) is 91.0 Å². The summed E-state index contributed by atoms with van der Waals surface area (Å²) in [6, 6.07) is 2.11. The fraction of sp³-hybridized carbons (Fsp3) is 0.600. The van der Waals surface area contributed by atoms with Gasteiger partial charge in [-0.3, -0.25) is 14.3 Å². The van der Waals surface area contributed by atoms with Crippen molar-refractivity contribution in [2.45, 2.75) is 39.7 Å². The highest BCUT2D eigenvalue weighted by molar-refractivity contribution is 5.86. The quantitative estimate of drug-likeness (QED) is 0.847. The molecule has 0 bridgehead atoms. The predicted octanol–water partition coefficient (Wildman–Crippen LogP) is 0.305. The number of nitrogens with one attached hydrogen (secondary N) is 1. The maximum absolute atomic E-state index is 12.2. The van der Waals surface area contributed by atoms with E-state index >= 15 is 0 Å². The van der Waals surface area contributed by atoms with E-state index in [0.29, 0.717) is 38.9 Å². The van der Waals surface area contributed by atoms with Crippen molar-refractivity contribution in [1.29, 1.82) is 5.26 Å². The van der Waals surface area contributed by atoms with Gasteiger partial charge in [-0.1, -0.05) is 0 Å². The number of piperazine rings is 1. The van der Waals surface area contributed by atoms with Crippen LogP contribution in [-0.4, -0.2) is 46.1 Å². The van der Waals surface area contributed by atoms with E-state index < -0.39 is 0 Å². The number of carbonyl (C=O) groups excluding carboxylic acids is 2. The molecule has 0 aromatic carbocycles. The summed E-state index contributed by atoms with van der Waals surface area (Å²) in [6.07, 6.45) is 1.41. The minimum absolute atomic E-state index is 0.00146. The Labute approximate surface area is 129 Å². The molecule has 0 aliphatic carbocycles.